The van der Waals surface area contributed by atoms with Crippen LogP contribution >= 0.6 is 0 Å². The molecule has 1 heterocycles. The Bertz CT molecular complexity index is 1060. The molecule has 0 saturated heterocycles. The monoisotopic (exact) mass is 428 g/mol. The molecule has 0 aliphatic heterocycles. The molecule has 7 heteroatoms. The smallest absolute Gasteiger partial charge is 0.204 e. The molecule has 0 aliphatic carbocycles. The Kier molecular flexibility index (Phi) is 9.39. The highest BCUT2D eigenvalue weighted by Crippen LogP contribution is 2.14. The van der Waals surface area contributed by atoms with E-state index in [1.807, 2.05) is 13.0 Å². The van der Waals surface area contributed by atoms with E-state index in [1.54, 1.807) is 12.1 Å². The van der Waals surface area contributed by atoms with Crippen molar-refractivity contribution >= 4 is 28.0 Å². The Balaban J connectivity index is 0.000000324. The van der Waals surface area contributed by atoms with Gasteiger partial charge in [-0.2, -0.15) is 0 Å². The average molecular weight is 429 g/mol. The molecule has 0 bridgehead atoms. The Morgan fingerprint density at radius 1 is 0.900 bits per heavy atom. The van der Waals surface area contributed by atoms with Crippen LogP contribution in [0.1, 0.15) is 16.8 Å². The largest absolute Gasteiger partial charge is 0.744 e. The van der Waals surface area contributed by atoms with Gasteiger partial charge in [0.05, 0.1) is 4.90 Å². The van der Waals surface area contributed by atoms with Gasteiger partial charge in [0.25, 0.3) is 0 Å². The molecule has 30 heavy (non-hydrogen) atoms. The molecule has 0 unspecified atom stereocenters. The first-order valence-corrected chi connectivity index (χ1v) is 10.5. The van der Waals surface area contributed by atoms with Crippen LogP contribution in [-0.2, 0) is 17.2 Å². The molecule has 160 valence electrons. The number of rotatable bonds is 4. The van der Waals surface area contributed by atoms with Crippen LogP contribution in [0.15, 0.2) is 77.8 Å². The zero-order chi connectivity index (χ0) is 21.4. The number of aryl methyl sites for hydroxylation is 2. The third kappa shape index (κ3) is 7.79. The average Bonchev–Trinajstić information content (AvgIpc) is 2.68. The highest BCUT2D eigenvalue weighted by molar-refractivity contribution is 7.85. The van der Waals surface area contributed by atoms with Crippen LogP contribution in [0.2, 0.25) is 0 Å². The molecule has 3 rings (SSSR count). The van der Waals surface area contributed by atoms with Crippen LogP contribution in [0.25, 0.3) is 12.2 Å². The number of nitrogens with zero attached hydrogens (tertiary/aromatic N) is 2. The second-order valence-corrected chi connectivity index (χ2v) is 8.20. The first-order chi connectivity index (χ1) is 13.7. The molecule has 0 saturated carbocycles. The Morgan fingerprint density at radius 2 is 1.50 bits per heavy atom. The van der Waals surface area contributed by atoms with Crippen LogP contribution < -0.4 is 9.47 Å². The van der Waals surface area contributed by atoms with Crippen molar-refractivity contribution in [1.29, 1.82) is 0 Å². The fourth-order valence-electron chi connectivity index (χ4n) is 2.48. The standard InChI is InChI=1S/C16H19N2.C7H8O3S.H2O/c1-17(2)15-10-7-14(8-11-15)9-12-16-6-4-5-13-18(16)3;1-6-2-4-7(5-3-6)11(8,9)10;/h4-13H,1-3H3;2-5H,1H3,(H,8,9,10);1H2/q+1;;/p-1. The van der Waals surface area contributed by atoms with E-state index in [-0.39, 0.29) is 10.4 Å². The fourth-order valence-corrected chi connectivity index (χ4v) is 2.95. The van der Waals surface area contributed by atoms with Gasteiger partial charge < -0.3 is 14.9 Å². The number of aromatic nitrogens is 1. The minimum absolute atomic E-state index is 0. The van der Waals surface area contributed by atoms with E-state index < -0.39 is 10.1 Å². The topological polar surface area (TPSA) is 95.8 Å². The van der Waals surface area contributed by atoms with Crippen molar-refractivity contribution in [3.8, 4) is 0 Å². The molecular weight excluding hydrogens is 400 g/mol. The van der Waals surface area contributed by atoms with Gasteiger partial charge in [-0.3, -0.25) is 0 Å². The summed E-state index contributed by atoms with van der Waals surface area (Å²) in [5.74, 6) is 0. The van der Waals surface area contributed by atoms with Crippen molar-refractivity contribution in [3.05, 3.63) is 89.7 Å². The van der Waals surface area contributed by atoms with E-state index in [0.29, 0.717) is 0 Å². The maximum absolute atomic E-state index is 10.4. The van der Waals surface area contributed by atoms with Crippen molar-refractivity contribution in [2.45, 2.75) is 11.8 Å². The van der Waals surface area contributed by atoms with Crippen molar-refractivity contribution in [2.24, 2.45) is 7.05 Å². The molecule has 0 spiro atoms. The number of anilines is 1. The van der Waals surface area contributed by atoms with Crippen molar-refractivity contribution < 1.29 is 23.0 Å². The number of benzene rings is 2. The van der Waals surface area contributed by atoms with E-state index >= 15 is 0 Å². The van der Waals surface area contributed by atoms with Gasteiger partial charge in [-0.05, 0) is 48.9 Å². The summed E-state index contributed by atoms with van der Waals surface area (Å²) in [5.41, 5.74) is 4.55. The minimum Gasteiger partial charge on any atom is -0.744 e. The van der Waals surface area contributed by atoms with Gasteiger partial charge in [0, 0.05) is 38.0 Å². The second kappa shape index (κ2) is 11.3. The SMILES string of the molecule is CN(C)c1ccc(/C=C/c2cccc[n+]2C)cc1.Cc1ccc(S(=O)(=O)[O-])cc1.O. The number of hydrogen-bond donors (Lipinski definition) is 0. The number of pyridine rings is 1. The van der Waals surface area contributed by atoms with Gasteiger partial charge in [-0.25, -0.2) is 13.0 Å². The summed E-state index contributed by atoms with van der Waals surface area (Å²) < 4.78 is 33.3. The van der Waals surface area contributed by atoms with E-state index in [0.717, 1.165) is 5.56 Å². The van der Waals surface area contributed by atoms with Gasteiger partial charge in [0.1, 0.15) is 17.2 Å². The predicted molar refractivity (Wildman–Crippen MR) is 120 cm³/mol. The van der Waals surface area contributed by atoms with Crippen molar-refractivity contribution in [2.75, 3.05) is 19.0 Å². The van der Waals surface area contributed by atoms with E-state index in [4.69, 9.17) is 0 Å². The lowest BCUT2D eigenvalue weighted by molar-refractivity contribution is -0.673. The summed E-state index contributed by atoms with van der Waals surface area (Å²) in [4.78, 5) is 1.92. The normalized spacial score (nSPS) is 10.7. The summed E-state index contributed by atoms with van der Waals surface area (Å²) >= 11 is 0. The van der Waals surface area contributed by atoms with Crippen molar-refractivity contribution in [1.82, 2.24) is 0 Å². The Hall–Kier alpha value is -3.00. The first kappa shape index (κ1) is 25.0. The van der Waals surface area contributed by atoms with Gasteiger partial charge in [-0.1, -0.05) is 29.8 Å². The van der Waals surface area contributed by atoms with E-state index in [1.165, 1.54) is 29.1 Å². The summed E-state index contributed by atoms with van der Waals surface area (Å²) in [5, 5.41) is 0. The first-order valence-electron chi connectivity index (χ1n) is 9.09. The zero-order valence-electron chi connectivity index (χ0n) is 17.6. The summed E-state index contributed by atoms with van der Waals surface area (Å²) in [6.07, 6.45) is 6.31. The number of hydrogen-bond acceptors (Lipinski definition) is 4. The maximum atomic E-state index is 10.4. The summed E-state index contributed by atoms with van der Waals surface area (Å²) in [6, 6.07) is 20.5. The molecule has 0 radical (unpaired) electrons. The maximum Gasteiger partial charge on any atom is 0.204 e. The molecule has 3 aromatic rings. The molecule has 0 fully saturated rings. The molecular formula is C23H28N2O4S. The van der Waals surface area contributed by atoms with Crippen LogP contribution in [0.5, 0.6) is 0 Å². The van der Waals surface area contributed by atoms with Crippen LogP contribution in [-0.4, -0.2) is 32.5 Å². The molecule has 0 amide bonds. The third-order valence-corrected chi connectivity index (χ3v) is 5.11. The van der Waals surface area contributed by atoms with Crippen molar-refractivity contribution in [3.63, 3.8) is 0 Å². The van der Waals surface area contributed by atoms with E-state index in [2.05, 4.69) is 85.4 Å². The quantitative estimate of drug-likeness (QED) is 0.471. The summed E-state index contributed by atoms with van der Waals surface area (Å²) in [6.45, 7) is 1.82. The third-order valence-electron chi connectivity index (χ3n) is 4.26. The van der Waals surface area contributed by atoms with E-state index in [9.17, 15) is 13.0 Å². The van der Waals surface area contributed by atoms with Gasteiger partial charge in [-0.15, -0.1) is 0 Å². The van der Waals surface area contributed by atoms with Gasteiger partial charge in [0.2, 0.25) is 5.69 Å². The molecule has 0 aliphatic rings. The fraction of sp³-hybridized carbons (Fsp3) is 0.174. The lowest BCUT2D eigenvalue weighted by atomic mass is 10.1. The molecule has 0 atom stereocenters. The van der Waals surface area contributed by atoms with Crippen LogP contribution in [0.3, 0.4) is 0 Å². The highest BCUT2D eigenvalue weighted by Gasteiger charge is 1.99. The predicted octanol–water partition coefficient (Wildman–Crippen LogP) is 2.82. The van der Waals surface area contributed by atoms with Gasteiger partial charge in [0.15, 0.2) is 6.20 Å². The van der Waals surface area contributed by atoms with Crippen LogP contribution in [0, 0.1) is 6.92 Å². The molecule has 2 N–H and O–H groups in total. The minimum atomic E-state index is -4.27. The van der Waals surface area contributed by atoms with Gasteiger partial charge >= 0.3 is 0 Å². The zero-order valence-corrected chi connectivity index (χ0v) is 18.4. The second-order valence-electron chi connectivity index (χ2n) is 6.82. The van der Waals surface area contributed by atoms with Crippen LogP contribution in [0.4, 0.5) is 5.69 Å². The lowest BCUT2D eigenvalue weighted by Gasteiger charge is -2.11. The Labute approximate surface area is 178 Å². The Morgan fingerprint density at radius 3 is 2.00 bits per heavy atom. The molecule has 2 aromatic carbocycles. The molecule has 1 aromatic heterocycles. The summed E-state index contributed by atoms with van der Waals surface area (Å²) in [7, 11) is 1.88. The highest BCUT2D eigenvalue weighted by atomic mass is 32.2. The lowest BCUT2D eigenvalue weighted by Crippen LogP contribution is -2.30. The molecule has 6 nitrogen and oxygen atoms in total.